The molecule has 1 N–H and O–H groups in total. The van der Waals surface area contributed by atoms with Gasteiger partial charge in [0.2, 0.25) is 0 Å². The summed E-state index contributed by atoms with van der Waals surface area (Å²) in [5, 5.41) is 2.28. The second-order valence-electron chi connectivity index (χ2n) is 5.38. The molecular formula is C18H15F3N2OS. The maximum atomic E-state index is 14.0. The average molecular weight is 364 g/mol. The Morgan fingerprint density at radius 1 is 1.04 bits per heavy atom. The minimum Gasteiger partial charge on any atom is -0.439 e. The summed E-state index contributed by atoms with van der Waals surface area (Å²) in [4.78, 5) is 1.43. The molecule has 1 fully saturated rings. The van der Waals surface area contributed by atoms with E-state index in [-0.39, 0.29) is 16.6 Å². The van der Waals surface area contributed by atoms with Gasteiger partial charge in [0, 0.05) is 5.56 Å². The van der Waals surface area contributed by atoms with E-state index >= 15 is 0 Å². The maximum absolute atomic E-state index is 14.0. The van der Waals surface area contributed by atoms with E-state index in [4.69, 9.17) is 17.0 Å². The first-order valence-corrected chi connectivity index (χ1v) is 7.95. The molecule has 1 aliphatic heterocycles. The van der Waals surface area contributed by atoms with Crippen LogP contribution in [-0.4, -0.2) is 11.3 Å². The second-order valence-corrected chi connectivity index (χ2v) is 5.76. The van der Waals surface area contributed by atoms with Crippen molar-refractivity contribution in [1.82, 2.24) is 5.32 Å². The third-order valence-corrected chi connectivity index (χ3v) is 4.09. The fourth-order valence-electron chi connectivity index (χ4n) is 2.64. The molecule has 0 spiro atoms. The number of alkyl halides is 3. The van der Waals surface area contributed by atoms with Crippen LogP contribution in [0.2, 0.25) is 0 Å². The molecule has 2 aromatic rings. The van der Waals surface area contributed by atoms with Gasteiger partial charge in [-0.2, -0.15) is 13.2 Å². The first kappa shape index (κ1) is 17.3. The van der Waals surface area contributed by atoms with E-state index in [1.165, 1.54) is 35.2 Å². The quantitative estimate of drug-likeness (QED) is 0.783. The van der Waals surface area contributed by atoms with Crippen LogP contribution in [0.4, 0.5) is 18.9 Å². The Morgan fingerprint density at radius 3 is 2.12 bits per heavy atom. The van der Waals surface area contributed by atoms with E-state index < -0.39 is 11.9 Å². The van der Waals surface area contributed by atoms with E-state index in [0.29, 0.717) is 5.69 Å². The van der Waals surface area contributed by atoms with Gasteiger partial charge in [0.1, 0.15) is 0 Å². The van der Waals surface area contributed by atoms with Crippen LogP contribution in [-0.2, 0) is 10.5 Å². The van der Waals surface area contributed by atoms with Crippen LogP contribution in [0.25, 0.3) is 0 Å². The van der Waals surface area contributed by atoms with Gasteiger partial charge in [-0.05, 0) is 37.4 Å². The molecule has 0 amide bonds. The molecule has 1 atom stereocenters. The number of rotatable bonds is 2. The van der Waals surface area contributed by atoms with Crippen LogP contribution >= 0.6 is 12.2 Å². The Kier molecular flexibility index (Phi) is 4.43. The van der Waals surface area contributed by atoms with Crippen LogP contribution in [0.1, 0.15) is 12.5 Å². The predicted molar refractivity (Wildman–Crippen MR) is 93.7 cm³/mol. The number of halogens is 3. The largest absolute Gasteiger partial charge is 0.453 e. The van der Waals surface area contributed by atoms with E-state index in [2.05, 4.69) is 5.32 Å². The lowest BCUT2D eigenvalue weighted by atomic mass is 10.0. The minimum atomic E-state index is -4.73. The summed E-state index contributed by atoms with van der Waals surface area (Å²) in [6, 6.07) is 16.2. The zero-order chi connectivity index (χ0) is 18.1. The van der Waals surface area contributed by atoms with Crippen LogP contribution in [0.5, 0.6) is 0 Å². The Bertz CT molecular complexity index is 793. The van der Waals surface area contributed by atoms with Crippen LogP contribution in [0.3, 0.4) is 0 Å². The van der Waals surface area contributed by atoms with Gasteiger partial charge in [0.15, 0.2) is 11.0 Å². The Morgan fingerprint density at radius 2 is 1.60 bits per heavy atom. The highest BCUT2D eigenvalue weighted by molar-refractivity contribution is 7.80. The monoisotopic (exact) mass is 364 g/mol. The number of benzene rings is 2. The van der Waals surface area contributed by atoms with Crippen molar-refractivity contribution in [3.05, 3.63) is 78.2 Å². The molecule has 3 rings (SSSR count). The van der Waals surface area contributed by atoms with Crippen molar-refractivity contribution in [3.8, 4) is 0 Å². The van der Waals surface area contributed by atoms with E-state index in [1.807, 2.05) is 6.07 Å². The van der Waals surface area contributed by atoms with E-state index in [9.17, 15) is 13.2 Å². The lowest BCUT2D eigenvalue weighted by molar-refractivity contribution is -0.283. The van der Waals surface area contributed by atoms with Gasteiger partial charge >= 0.3 is 11.9 Å². The van der Waals surface area contributed by atoms with Gasteiger partial charge in [-0.25, -0.2) is 0 Å². The van der Waals surface area contributed by atoms with Crippen molar-refractivity contribution in [2.45, 2.75) is 18.8 Å². The molecule has 2 aromatic carbocycles. The topological polar surface area (TPSA) is 24.5 Å². The molecule has 1 heterocycles. The van der Waals surface area contributed by atoms with Gasteiger partial charge in [0.25, 0.3) is 0 Å². The summed E-state index contributed by atoms with van der Waals surface area (Å²) in [7, 11) is 0. The summed E-state index contributed by atoms with van der Waals surface area (Å²) < 4.78 is 47.5. The Hall–Kier alpha value is -2.54. The first-order chi connectivity index (χ1) is 11.9. The summed E-state index contributed by atoms with van der Waals surface area (Å²) in [6.45, 7) is 1.60. The fourth-order valence-corrected chi connectivity index (χ4v) is 2.98. The van der Waals surface area contributed by atoms with Crippen LogP contribution in [0, 0.1) is 0 Å². The molecule has 7 heteroatoms. The Balaban J connectivity index is 2.10. The lowest BCUT2D eigenvalue weighted by Crippen LogP contribution is -2.65. The number of hydrogen-bond acceptors (Lipinski definition) is 2. The van der Waals surface area contributed by atoms with Gasteiger partial charge < -0.3 is 10.1 Å². The molecule has 0 radical (unpaired) electrons. The van der Waals surface area contributed by atoms with Gasteiger partial charge in [-0.1, -0.05) is 48.5 Å². The molecule has 0 saturated carbocycles. The Labute approximate surface area is 148 Å². The molecule has 3 nitrogen and oxygen atoms in total. The first-order valence-electron chi connectivity index (χ1n) is 7.54. The van der Waals surface area contributed by atoms with Crippen molar-refractivity contribution in [2.24, 2.45) is 0 Å². The van der Waals surface area contributed by atoms with Crippen molar-refractivity contribution in [3.63, 3.8) is 0 Å². The van der Waals surface area contributed by atoms with Crippen LogP contribution < -0.4 is 10.2 Å². The average Bonchev–Trinajstić information content (AvgIpc) is 2.61. The number of thiocarbonyl (C=S) groups is 1. The number of allylic oxidation sites excluding steroid dienone is 1. The molecule has 1 unspecified atom stereocenters. The number of nitrogens with zero attached hydrogens (tertiary/aromatic N) is 1. The molecule has 1 aliphatic rings. The highest BCUT2D eigenvalue weighted by atomic mass is 32.1. The number of para-hydroxylation sites is 1. The predicted octanol–water partition coefficient (Wildman–Crippen LogP) is 4.67. The lowest BCUT2D eigenvalue weighted by Gasteiger charge is -2.46. The van der Waals surface area contributed by atoms with Gasteiger partial charge in [-0.15, -0.1) is 0 Å². The normalized spacial score (nSPS) is 22.5. The molecule has 0 aromatic heterocycles. The van der Waals surface area contributed by atoms with Gasteiger partial charge in [0.05, 0.1) is 5.69 Å². The van der Waals surface area contributed by atoms with Gasteiger partial charge in [-0.3, -0.25) is 4.90 Å². The molecule has 0 aliphatic carbocycles. The number of nitrogens with one attached hydrogen (secondary N) is 1. The third-order valence-electron chi connectivity index (χ3n) is 3.80. The van der Waals surface area contributed by atoms with E-state index in [1.54, 1.807) is 37.3 Å². The zero-order valence-corrected chi connectivity index (χ0v) is 14.1. The molecular weight excluding hydrogens is 349 g/mol. The summed E-state index contributed by atoms with van der Waals surface area (Å²) in [6.07, 6.45) is -3.26. The standard InChI is InChI=1S/C18H15F3N2OS/c1-2-15-23(14-11-7-4-8-12-14)16(25)22-17(24-15,18(19,20)21)13-9-5-3-6-10-13/h2-12H,1H3,(H,22,25)/b15-2-. The van der Waals surface area contributed by atoms with Crippen molar-refractivity contribution in [2.75, 3.05) is 4.90 Å². The summed E-state index contributed by atoms with van der Waals surface area (Å²) >= 11 is 5.26. The van der Waals surface area contributed by atoms with E-state index in [0.717, 1.165) is 0 Å². The van der Waals surface area contributed by atoms with Crippen molar-refractivity contribution < 1.29 is 17.9 Å². The highest BCUT2D eigenvalue weighted by Gasteiger charge is 2.62. The SMILES string of the molecule is C/C=C1\OC(c2ccccc2)(C(F)(F)F)NC(=S)N1c1ccccc1. The maximum Gasteiger partial charge on any atom is 0.453 e. The molecule has 1 saturated heterocycles. The van der Waals surface area contributed by atoms with Crippen LogP contribution in [0.15, 0.2) is 72.6 Å². The van der Waals surface area contributed by atoms with Crippen molar-refractivity contribution >= 4 is 23.0 Å². The molecule has 0 bridgehead atoms. The second kappa shape index (κ2) is 6.40. The summed E-state index contributed by atoms with van der Waals surface area (Å²) in [5.41, 5.74) is -2.20. The summed E-state index contributed by atoms with van der Waals surface area (Å²) in [5.74, 6) is 0.0103. The minimum absolute atomic E-state index is 0.0103. The number of anilines is 1. The highest BCUT2D eigenvalue weighted by Crippen LogP contribution is 2.45. The molecule has 130 valence electrons. The smallest absolute Gasteiger partial charge is 0.439 e. The fraction of sp³-hybridized carbons (Fsp3) is 0.167. The third kappa shape index (κ3) is 2.95. The van der Waals surface area contributed by atoms with Crippen molar-refractivity contribution in [1.29, 1.82) is 0 Å². The number of hydrogen-bond donors (Lipinski definition) is 1. The molecule has 25 heavy (non-hydrogen) atoms. The zero-order valence-electron chi connectivity index (χ0n) is 13.2. The number of ether oxygens (including phenoxy) is 1.